The molecule has 5 amide bonds. The van der Waals surface area contributed by atoms with Crippen LogP contribution < -0.4 is 21.3 Å². The number of carbonyl (C=O) groups excluding carboxylic acids is 5. The number of nitrogens with zero attached hydrogens (tertiary/aromatic N) is 3. The quantitative estimate of drug-likeness (QED) is 0.0532. The molecular weight excluding hydrogens is 803 g/mol. The summed E-state index contributed by atoms with van der Waals surface area (Å²) < 4.78 is 1.81. The Balaban J connectivity index is 1.02. The predicted octanol–water partition coefficient (Wildman–Crippen LogP) is 7.62. The van der Waals surface area contributed by atoms with Gasteiger partial charge in [-0.05, 0) is 55.9 Å². The molecule has 0 spiro atoms. The maximum atomic E-state index is 14.3. The van der Waals surface area contributed by atoms with Crippen molar-refractivity contribution in [2.24, 2.45) is 11.8 Å². The van der Waals surface area contributed by atoms with Crippen LogP contribution in [0.15, 0.2) is 85.2 Å². The Bertz CT molecular complexity index is 2140. The number of unbranched alkanes of at least 4 members (excludes halogenated alkanes) is 9. The van der Waals surface area contributed by atoms with Gasteiger partial charge in [0.2, 0.25) is 23.6 Å². The molecule has 12 heteroatoms. The van der Waals surface area contributed by atoms with E-state index in [0.717, 1.165) is 57.8 Å². The molecule has 64 heavy (non-hydrogen) atoms. The van der Waals surface area contributed by atoms with Gasteiger partial charge in [0, 0.05) is 74.4 Å². The Morgan fingerprint density at radius 3 is 1.83 bits per heavy atom. The van der Waals surface area contributed by atoms with Gasteiger partial charge in [0.15, 0.2) is 0 Å². The molecule has 2 saturated carbocycles. The minimum absolute atomic E-state index is 0.0107. The van der Waals surface area contributed by atoms with Crippen molar-refractivity contribution in [3.63, 3.8) is 0 Å². The number of hydrogen-bond acceptors (Lipinski definition) is 6. The van der Waals surface area contributed by atoms with E-state index in [1.165, 1.54) is 36.8 Å². The summed E-state index contributed by atoms with van der Waals surface area (Å²) >= 11 is 0. The molecule has 7 rings (SSSR count). The Kier molecular flexibility index (Phi) is 15.9. The van der Waals surface area contributed by atoms with E-state index in [0.29, 0.717) is 29.9 Å². The van der Waals surface area contributed by atoms with Crippen LogP contribution in [-0.4, -0.2) is 81.1 Å². The lowest BCUT2D eigenvalue weighted by Gasteiger charge is -2.29. The molecule has 7 atom stereocenters. The first-order chi connectivity index (χ1) is 31.1. The molecule has 12 nitrogen and oxygen atoms in total. The average Bonchev–Trinajstić information content (AvgIpc) is 4.15. The van der Waals surface area contributed by atoms with Gasteiger partial charge in [-0.3, -0.25) is 24.0 Å². The van der Waals surface area contributed by atoms with Crippen molar-refractivity contribution in [1.29, 1.82) is 0 Å². The third-order valence-electron chi connectivity index (χ3n) is 13.5. The summed E-state index contributed by atoms with van der Waals surface area (Å²) in [5, 5.41) is 12.6. The summed E-state index contributed by atoms with van der Waals surface area (Å²) in [5.74, 6) is -2.03. The molecule has 4 N–H and O–H groups in total. The third kappa shape index (κ3) is 12.2. The van der Waals surface area contributed by atoms with Crippen molar-refractivity contribution in [2.45, 2.75) is 147 Å². The molecule has 1 aliphatic heterocycles. The highest BCUT2D eigenvalue weighted by Crippen LogP contribution is 2.42. The first-order valence-electron chi connectivity index (χ1n) is 24.1. The van der Waals surface area contributed by atoms with E-state index in [2.05, 4.69) is 59.4 Å². The van der Waals surface area contributed by atoms with Gasteiger partial charge in [-0.15, -0.1) is 0 Å². The Hall–Kier alpha value is -5.52. The number of pyridine rings is 1. The number of likely N-dealkylation sites (tertiary alicyclic amines) is 1. The molecule has 2 aliphatic carbocycles. The molecule has 1 unspecified atom stereocenters. The van der Waals surface area contributed by atoms with Crippen LogP contribution in [-0.2, 0) is 25.6 Å². The average molecular weight is 872 g/mol. The van der Waals surface area contributed by atoms with Crippen LogP contribution in [0.2, 0.25) is 0 Å². The lowest BCUT2D eigenvalue weighted by molar-refractivity contribution is -0.133. The van der Waals surface area contributed by atoms with E-state index in [-0.39, 0.29) is 73.0 Å². The van der Waals surface area contributed by atoms with Gasteiger partial charge in [0.1, 0.15) is 11.2 Å². The van der Waals surface area contributed by atoms with Crippen LogP contribution in [0, 0.1) is 11.8 Å². The van der Waals surface area contributed by atoms with Gasteiger partial charge in [-0.1, -0.05) is 132 Å². The monoisotopic (exact) mass is 872 g/mol. The van der Waals surface area contributed by atoms with E-state index in [1.54, 1.807) is 30.2 Å². The van der Waals surface area contributed by atoms with E-state index in [4.69, 9.17) is 4.98 Å². The smallest absolute Gasteiger partial charge is 0.254 e. The largest absolute Gasteiger partial charge is 0.354 e. The highest BCUT2D eigenvalue weighted by molar-refractivity contribution is 5.97. The second-order valence-corrected chi connectivity index (χ2v) is 18.8. The molecule has 1 saturated heterocycles. The molecular formula is C52H69N7O5. The molecule has 342 valence electrons. The van der Waals surface area contributed by atoms with Gasteiger partial charge in [0.25, 0.3) is 5.91 Å². The zero-order valence-electron chi connectivity index (χ0n) is 38.2. The fourth-order valence-corrected chi connectivity index (χ4v) is 9.47. The molecule has 3 heterocycles. The molecule has 0 radical (unpaired) electrons. The van der Waals surface area contributed by atoms with Crippen LogP contribution in [0.3, 0.4) is 0 Å². The summed E-state index contributed by atoms with van der Waals surface area (Å²) in [5.41, 5.74) is 2.63. The number of carbonyl (C=O) groups is 5. The number of hydrogen-bond donors (Lipinski definition) is 4. The van der Waals surface area contributed by atoms with Gasteiger partial charge >= 0.3 is 0 Å². The number of nitrogens with one attached hydrogen (secondary N) is 4. The maximum absolute atomic E-state index is 14.3. The predicted molar refractivity (Wildman–Crippen MR) is 250 cm³/mol. The first-order valence-corrected chi connectivity index (χ1v) is 24.1. The summed E-state index contributed by atoms with van der Waals surface area (Å²) in [6.07, 6.45) is 17.6. The summed E-state index contributed by atoms with van der Waals surface area (Å²) in [6.45, 7) is 6.88. The lowest BCUT2D eigenvalue weighted by atomic mass is 9.94. The minimum atomic E-state index is -1.23. The summed E-state index contributed by atoms with van der Waals surface area (Å²) in [7, 11) is 0. The molecule has 2 aromatic heterocycles. The molecule has 3 fully saturated rings. The number of fused-ring (bicyclic) bond motifs is 1. The standard InChI is InChI=1S/C52H69N7O5/c1-4-6-8-10-11-12-19-25-47(60)57-52(3,51(64)53-27-20-9-7-5-2)32-39-33-58-28-26-38(29-46(58)54-39)50(63)59-34-42(48(61)55-44-30-40(44)36-21-15-13-16-22-36)43(35-59)49(62)56-45-31-41(45)37-23-17-14-18-24-37/h13-18,21-24,26,28-29,33,40-45H,4-12,19-20,25,27,30-32,34-35H2,1-3H3,(H,53,64)(H,55,61)(H,56,62)(H,57,60)/t40-,41-,42-,43-,44+,45+,52?/m1/s1. The SMILES string of the molecule is CCCCCCCCCC(=O)NC(C)(Cc1cn2ccc(C(=O)N3C[C@@H](C(=O)N[C@H]4C[C@@H]4c4ccccc4)[C@H](C(=O)N[C@H]4C[C@@H]4c4ccccc4)C3)cc2n1)C(=O)NCCCCCC. The third-order valence-corrected chi connectivity index (χ3v) is 13.5. The molecule has 4 aromatic rings. The fourth-order valence-electron chi connectivity index (χ4n) is 9.47. The molecule has 0 bridgehead atoms. The van der Waals surface area contributed by atoms with E-state index >= 15 is 0 Å². The number of benzene rings is 2. The highest BCUT2D eigenvalue weighted by Gasteiger charge is 2.49. The van der Waals surface area contributed by atoms with Crippen LogP contribution in [0.4, 0.5) is 0 Å². The van der Waals surface area contributed by atoms with Crippen molar-refractivity contribution in [1.82, 2.24) is 35.6 Å². The van der Waals surface area contributed by atoms with Crippen molar-refractivity contribution in [3.8, 4) is 0 Å². The highest BCUT2D eigenvalue weighted by atomic mass is 16.2. The first kappa shape index (κ1) is 46.5. The van der Waals surface area contributed by atoms with Crippen LogP contribution in [0.5, 0.6) is 0 Å². The Morgan fingerprint density at radius 1 is 0.703 bits per heavy atom. The van der Waals surface area contributed by atoms with Crippen molar-refractivity contribution < 1.29 is 24.0 Å². The number of amides is 5. The van der Waals surface area contributed by atoms with Crippen molar-refractivity contribution >= 4 is 35.2 Å². The second-order valence-electron chi connectivity index (χ2n) is 18.8. The van der Waals surface area contributed by atoms with Gasteiger partial charge < -0.3 is 30.6 Å². The summed E-state index contributed by atoms with van der Waals surface area (Å²) in [4.78, 5) is 75.8. The van der Waals surface area contributed by atoms with Crippen LogP contribution in [0.1, 0.15) is 150 Å². The Morgan fingerprint density at radius 2 is 1.25 bits per heavy atom. The number of imidazole rings is 1. The van der Waals surface area contributed by atoms with E-state index in [9.17, 15) is 24.0 Å². The zero-order valence-corrected chi connectivity index (χ0v) is 38.2. The molecule has 2 aromatic carbocycles. The zero-order chi connectivity index (χ0) is 45.1. The van der Waals surface area contributed by atoms with Gasteiger partial charge in [0.05, 0.1) is 17.5 Å². The van der Waals surface area contributed by atoms with Crippen LogP contribution >= 0.6 is 0 Å². The maximum Gasteiger partial charge on any atom is 0.254 e. The topological polar surface area (TPSA) is 154 Å². The normalized spacial score (nSPS) is 22.1. The van der Waals surface area contributed by atoms with Crippen molar-refractivity contribution in [3.05, 3.63) is 108 Å². The van der Waals surface area contributed by atoms with E-state index in [1.807, 2.05) is 47.0 Å². The van der Waals surface area contributed by atoms with E-state index < -0.39 is 17.4 Å². The number of aromatic nitrogens is 2. The minimum Gasteiger partial charge on any atom is -0.354 e. The Labute approximate surface area is 379 Å². The summed E-state index contributed by atoms with van der Waals surface area (Å²) in [6, 6.07) is 23.7. The molecule has 3 aliphatic rings. The van der Waals surface area contributed by atoms with Gasteiger partial charge in [-0.25, -0.2) is 4.98 Å². The van der Waals surface area contributed by atoms with Crippen LogP contribution in [0.25, 0.3) is 5.65 Å². The van der Waals surface area contributed by atoms with Gasteiger partial charge in [-0.2, -0.15) is 0 Å². The van der Waals surface area contributed by atoms with Crippen molar-refractivity contribution in [2.75, 3.05) is 19.6 Å². The second kappa shape index (κ2) is 21.9. The fraction of sp³-hybridized carbons (Fsp3) is 0.538. The lowest BCUT2D eigenvalue weighted by Crippen LogP contribution is -2.58. The number of rotatable bonds is 24.